The number of hydrogen-bond donors (Lipinski definition) is 1. The van der Waals surface area contributed by atoms with E-state index >= 15 is 0 Å². The summed E-state index contributed by atoms with van der Waals surface area (Å²) in [6, 6.07) is 1.49. The lowest BCUT2D eigenvalue weighted by atomic mass is 10.1. The normalized spacial score (nSPS) is 17.9. The first-order valence-corrected chi connectivity index (χ1v) is 5.23. The highest BCUT2D eigenvalue weighted by molar-refractivity contribution is 5.49. The molecule has 0 radical (unpaired) electrons. The fourth-order valence-corrected chi connectivity index (χ4v) is 1.96. The predicted molar refractivity (Wildman–Crippen MR) is 55.7 cm³/mol. The molecule has 1 heterocycles. The molecule has 0 aromatic heterocycles. The van der Waals surface area contributed by atoms with Crippen molar-refractivity contribution in [2.75, 3.05) is 18.0 Å². The summed E-state index contributed by atoms with van der Waals surface area (Å²) in [7, 11) is 0. The Hall–Kier alpha value is -1.23. The second kappa shape index (κ2) is 4.33. The maximum atomic E-state index is 13.4. The SMILES string of the molecule is NC1CCN(c2c(F)cc(F)cc2F)CC1. The van der Waals surface area contributed by atoms with Crippen molar-refractivity contribution in [1.29, 1.82) is 0 Å². The minimum Gasteiger partial charge on any atom is -0.367 e. The predicted octanol–water partition coefficient (Wildman–Crippen LogP) is 2.03. The summed E-state index contributed by atoms with van der Waals surface area (Å²) < 4.78 is 39.6. The molecule has 1 aromatic carbocycles. The van der Waals surface area contributed by atoms with Crippen LogP contribution in [0, 0.1) is 17.5 Å². The van der Waals surface area contributed by atoms with Crippen LogP contribution in [-0.4, -0.2) is 19.1 Å². The van der Waals surface area contributed by atoms with Gasteiger partial charge >= 0.3 is 0 Å². The van der Waals surface area contributed by atoms with E-state index in [0.717, 1.165) is 0 Å². The van der Waals surface area contributed by atoms with Crippen LogP contribution >= 0.6 is 0 Å². The standard InChI is InChI=1S/C11H13F3N2/c12-7-5-9(13)11(10(14)6-7)16-3-1-8(15)2-4-16/h5-6,8H,1-4,15H2. The van der Waals surface area contributed by atoms with Crippen LogP contribution in [0.3, 0.4) is 0 Å². The molecule has 2 rings (SSSR count). The number of anilines is 1. The summed E-state index contributed by atoms with van der Waals surface area (Å²) in [6.07, 6.45) is 1.38. The molecule has 0 saturated carbocycles. The molecule has 1 saturated heterocycles. The summed E-state index contributed by atoms with van der Waals surface area (Å²) in [4.78, 5) is 1.58. The first-order valence-electron chi connectivity index (χ1n) is 5.23. The van der Waals surface area contributed by atoms with Crippen molar-refractivity contribution in [3.05, 3.63) is 29.6 Å². The first kappa shape index (κ1) is 11.3. The molecule has 0 aliphatic carbocycles. The number of nitrogens with two attached hydrogens (primary N) is 1. The van der Waals surface area contributed by atoms with Gasteiger partial charge in [0.05, 0.1) is 0 Å². The summed E-state index contributed by atoms with van der Waals surface area (Å²) in [5, 5.41) is 0. The average Bonchev–Trinajstić information content (AvgIpc) is 2.19. The number of piperidine rings is 1. The van der Waals surface area contributed by atoms with Crippen molar-refractivity contribution in [1.82, 2.24) is 0 Å². The third-order valence-corrected chi connectivity index (χ3v) is 2.84. The van der Waals surface area contributed by atoms with Crippen LogP contribution < -0.4 is 10.6 Å². The molecule has 1 aliphatic rings. The van der Waals surface area contributed by atoms with E-state index in [1.807, 2.05) is 0 Å². The molecule has 5 heteroatoms. The van der Waals surface area contributed by atoms with Gasteiger partial charge in [0.2, 0.25) is 0 Å². The Morgan fingerprint density at radius 3 is 2.06 bits per heavy atom. The minimum absolute atomic E-state index is 0.0859. The fraction of sp³-hybridized carbons (Fsp3) is 0.455. The van der Waals surface area contributed by atoms with Gasteiger partial charge in [-0.25, -0.2) is 13.2 Å². The molecule has 1 fully saturated rings. The van der Waals surface area contributed by atoms with E-state index in [-0.39, 0.29) is 11.7 Å². The van der Waals surface area contributed by atoms with Gasteiger partial charge in [-0.2, -0.15) is 0 Å². The molecular weight excluding hydrogens is 217 g/mol. The molecule has 0 atom stereocenters. The fourth-order valence-electron chi connectivity index (χ4n) is 1.96. The van der Waals surface area contributed by atoms with Crippen LogP contribution in [0.4, 0.5) is 18.9 Å². The minimum atomic E-state index is -0.896. The van der Waals surface area contributed by atoms with Crippen molar-refractivity contribution < 1.29 is 13.2 Å². The number of benzene rings is 1. The van der Waals surface area contributed by atoms with Crippen LogP contribution in [0.1, 0.15) is 12.8 Å². The Balaban J connectivity index is 2.26. The first-order chi connectivity index (χ1) is 7.58. The maximum absolute atomic E-state index is 13.4. The van der Waals surface area contributed by atoms with E-state index in [1.54, 1.807) is 4.90 Å². The number of rotatable bonds is 1. The molecule has 0 spiro atoms. The molecular formula is C11H13F3N2. The van der Waals surface area contributed by atoms with Gasteiger partial charge in [-0.05, 0) is 12.8 Å². The largest absolute Gasteiger partial charge is 0.367 e. The van der Waals surface area contributed by atoms with Gasteiger partial charge in [0.15, 0.2) is 11.6 Å². The molecule has 1 aliphatic heterocycles. The van der Waals surface area contributed by atoms with Gasteiger partial charge in [0.1, 0.15) is 11.5 Å². The number of hydrogen-bond acceptors (Lipinski definition) is 2. The molecule has 0 amide bonds. The average molecular weight is 230 g/mol. The van der Waals surface area contributed by atoms with Gasteiger partial charge in [0.25, 0.3) is 0 Å². The van der Waals surface area contributed by atoms with Crippen molar-refractivity contribution >= 4 is 5.69 Å². The van der Waals surface area contributed by atoms with Crippen molar-refractivity contribution in [3.8, 4) is 0 Å². The smallest absolute Gasteiger partial charge is 0.152 e. The maximum Gasteiger partial charge on any atom is 0.152 e. The Labute approximate surface area is 91.8 Å². The van der Waals surface area contributed by atoms with E-state index in [0.29, 0.717) is 38.1 Å². The van der Waals surface area contributed by atoms with Gasteiger partial charge in [-0.1, -0.05) is 0 Å². The Kier molecular flexibility index (Phi) is 3.05. The lowest BCUT2D eigenvalue weighted by molar-refractivity contribution is 0.478. The highest BCUT2D eigenvalue weighted by Crippen LogP contribution is 2.26. The topological polar surface area (TPSA) is 29.3 Å². The monoisotopic (exact) mass is 230 g/mol. The lowest BCUT2D eigenvalue weighted by Crippen LogP contribution is -2.40. The quantitative estimate of drug-likeness (QED) is 0.799. The lowest BCUT2D eigenvalue weighted by Gasteiger charge is -2.32. The molecule has 1 aromatic rings. The second-order valence-corrected chi connectivity index (χ2v) is 4.04. The molecule has 16 heavy (non-hydrogen) atoms. The van der Waals surface area contributed by atoms with Crippen LogP contribution in [0.2, 0.25) is 0 Å². The van der Waals surface area contributed by atoms with Crippen molar-refractivity contribution in [3.63, 3.8) is 0 Å². The summed E-state index contributed by atoms with van der Waals surface area (Å²) in [5.41, 5.74) is 5.56. The second-order valence-electron chi connectivity index (χ2n) is 4.04. The zero-order valence-electron chi connectivity index (χ0n) is 8.72. The Morgan fingerprint density at radius 1 is 1.06 bits per heavy atom. The van der Waals surface area contributed by atoms with E-state index in [9.17, 15) is 13.2 Å². The highest BCUT2D eigenvalue weighted by atomic mass is 19.1. The highest BCUT2D eigenvalue weighted by Gasteiger charge is 2.22. The Morgan fingerprint density at radius 2 is 1.56 bits per heavy atom. The van der Waals surface area contributed by atoms with Crippen molar-refractivity contribution in [2.45, 2.75) is 18.9 Å². The molecule has 2 nitrogen and oxygen atoms in total. The van der Waals surface area contributed by atoms with Gasteiger partial charge in [-0.15, -0.1) is 0 Å². The molecule has 2 N–H and O–H groups in total. The number of halogens is 3. The van der Waals surface area contributed by atoms with E-state index < -0.39 is 17.5 Å². The molecule has 0 bridgehead atoms. The van der Waals surface area contributed by atoms with E-state index in [4.69, 9.17) is 5.73 Å². The van der Waals surface area contributed by atoms with Gasteiger partial charge in [0, 0.05) is 31.3 Å². The van der Waals surface area contributed by atoms with E-state index in [2.05, 4.69) is 0 Å². The van der Waals surface area contributed by atoms with Crippen LogP contribution in [-0.2, 0) is 0 Å². The summed E-state index contributed by atoms with van der Waals surface area (Å²) in [5.74, 6) is -2.60. The zero-order chi connectivity index (χ0) is 11.7. The van der Waals surface area contributed by atoms with Gasteiger partial charge in [-0.3, -0.25) is 0 Å². The van der Waals surface area contributed by atoms with Crippen LogP contribution in [0.5, 0.6) is 0 Å². The third-order valence-electron chi connectivity index (χ3n) is 2.84. The number of nitrogens with zero attached hydrogens (tertiary/aromatic N) is 1. The zero-order valence-corrected chi connectivity index (χ0v) is 8.72. The Bertz CT molecular complexity index is 364. The summed E-state index contributed by atoms with van der Waals surface area (Å²) in [6.45, 7) is 1.00. The summed E-state index contributed by atoms with van der Waals surface area (Å²) >= 11 is 0. The van der Waals surface area contributed by atoms with Gasteiger partial charge < -0.3 is 10.6 Å². The van der Waals surface area contributed by atoms with Crippen molar-refractivity contribution in [2.24, 2.45) is 5.73 Å². The third kappa shape index (κ3) is 2.14. The van der Waals surface area contributed by atoms with Crippen LogP contribution in [0.25, 0.3) is 0 Å². The molecule has 0 unspecified atom stereocenters. The van der Waals surface area contributed by atoms with Crippen LogP contribution in [0.15, 0.2) is 12.1 Å². The van der Waals surface area contributed by atoms with E-state index in [1.165, 1.54) is 0 Å². The molecule has 88 valence electrons.